The van der Waals surface area contributed by atoms with E-state index < -0.39 is 11.6 Å². The van der Waals surface area contributed by atoms with E-state index in [9.17, 15) is 14.7 Å². The summed E-state index contributed by atoms with van der Waals surface area (Å²) in [6.07, 6.45) is 24.0. The molecule has 0 aliphatic carbocycles. The van der Waals surface area contributed by atoms with Crippen LogP contribution in [0.2, 0.25) is 0 Å². The molecule has 0 atom stereocenters. The Bertz CT molecular complexity index is 1160. The molecule has 1 N–H and O–H groups in total. The van der Waals surface area contributed by atoms with Crippen LogP contribution in [0.3, 0.4) is 0 Å². The third-order valence-corrected chi connectivity index (χ3v) is 8.30. The molecule has 0 fully saturated rings. The van der Waals surface area contributed by atoms with Crippen LogP contribution in [0.15, 0.2) is 33.5 Å². The van der Waals surface area contributed by atoms with E-state index in [0.717, 1.165) is 29.8 Å². The average Bonchev–Trinajstić information content (AvgIpc) is 2.88. The van der Waals surface area contributed by atoms with Crippen LogP contribution in [0.25, 0.3) is 16.5 Å². The molecule has 0 bridgehead atoms. The van der Waals surface area contributed by atoms with Crippen molar-refractivity contribution >= 4 is 28.2 Å². The van der Waals surface area contributed by atoms with Crippen LogP contribution in [0, 0.1) is 0 Å². The lowest BCUT2D eigenvalue weighted by molar-refractivity contribution is 0.0692. The largest absolute Gasteiger partial charge is 0.477 e. The lowest BCUT2D eigenvalue weighted by Gasteiger charge is -2.43. The summed E-state index contributed by atoms with van der Waals surface area (Å²) >= 11 is 0. The molecule has 5 nitrogen and oxygen atoms in total. The maximum absolute atomic E-state index is 12.2. The number of fused-ring (bicyclic) bond motifs is 2. The van der Waals surface area contributed by atoms with Crippen molar-refractivity contribution in [2.75, 3.05) is 11.4 Å². The molecule has 2 aromatic rings. The molecular weight excluding hydrogens is 486 g/mol. The minimum absolute atomic E-state index is 0.151. The minimum atomic E-state index is -1.26. The number of carboxylic acids is 1. The highest BCUT2D eigenvalue weighted by Crippen LogP contribution is 2.41. The van der Waals surface area contributed by atoms with Crippen LogP contribution in [-0.2, 0) is 0 Å². The van der Waals surface area contributed by atoms with Crippen molar-refractivity contribution in [1.82, 2.24) is 0 Å². The molecule has 0 amide bonds. The smallest absolute Gasteiger partial charge is 0.351 e. The van der Waals surface area contributed by atoms with Crippen LogP contribution in [0.5, 0.6) is 0 Å². The number of aromatic carboxylic acids is 1. The van der Waals surface area contributed by atoms with Crippen molar-refractivity contribution in [3.63, 3.8) is 0 Å². The molecule has 39 heavy (non-hydrogen) atoms. The van der Waals surface area contributed by atoms with Gasteiger partial charge in [-0.25, -0.2) is 9.59 Å². The summed E-state index contributed by atoms with van der Waals surface area (Å²) in [6.45, 7) is 9.75. The molecule has 0 unspecified atom stereocenters. The zero-order chi connectivity index (χ0) is 28.3. The van der Waals surface area contributed by atoms with E-state index >= 15 is 0 Å². The SMILES string of the molecule is CCCCCCCCCCCCCCCCCCN1c2cc3oc(=O)c(C(=O)O)cc3cc2C(C)=CC1(C)C. The predicted molar refractivity (Wildman–Crippen MR) is 164 cm³/mol. The molecule has 1 aliphatic heterocycles. The number of unbranched alkanes of at least 4 members (excludes halogenated alkanes) is 15. The summed E-state index contributed by atoms with van der Waals surface area (Å²) in [5, 5.41) is 9.95. The topological polar surface area (TPSA) is 70.8 Å². The van der Waals surface area contributed by atoms with Gasteiger partial charge in [0.1, 0.15) is 11.1 Å². The second kappa shape index (κ2) is 15.3. The second-order valence-corrected chi connectivity index (χ2v) is 12.1. The minimum Gasteiger partial charge on any atom is -0.477 e. The van der Waals surface area contributed by atoms with Gasteiger partial charge in [0.25, 0.3) is 0 Å². The molecular formula is C34H51NO4. The molecule has 1 aromatic heterocycles. The zero-order valence-corrected chi connectivity index (χ0v) is 24.9. The first kappa shape index (κ1) is 31.0. The van der Waals surface area contributed by atoms with Crippen LogP contribution in [-0.4, -0.2) is 23.2 Å². The Morgan fingerprint density at radius 2 is 1.33 bits per heavy atom. The Hall–Kier alpha value is -2.56. The number of carbonyl (C=O) groups is 1. The summed E-state index contributed by atoms with van der Waals surface area (Å²) in [5.41, 5.74) is 2.44. The molecule has 216 valence electrons. The number of carboxylic acid groups (broad SMARTS) is 1. The monoisotopic (exact) mass is 537 g/mol. The number of anilines is 1. The van der Waals surface area contributed by atoms with Gasteiger partial charge in [0.2, 0.25) is 0 Å². The number of rotatable bonds is 18. The molecule has 0 spiro atoms. The summed E-state index contributed by atoms with van der Waals surface area (Å²) in [6, 6.07) is 5.31. The van der Waals surface area contributed by atoms with E-state index in [0.29, 0.717) is 11.0 Å². The van der Waals surface area contributed by atoms with Gasteiger partial charge >= 0.3 is 11.6 Å². The summed E-state index contributed by atoms with van der Waals surface area (Å²) in [4.78, 5) is 26.0. The highest BCUT2D eigenvalue weighted by Gasteiger charge is 2.31. The summed E-state index contributed by atoms with van der Waals surface area (Å²) < 4.78 is 5.42. The van der Waals surface area contributed by atoms with E-state index in [2.05, 4.69) is 38.7 Å². The van der Waals surface area contributed by atoms with Gasteiger partial charge in [-0.1, -0.05) is 109 Å². The van der Waals surface area contributed by atoms with Crippen LogP contribution in [0.1, 0.15) is 146 Å². The fourth-order valence-corrected chi connectivity index (χ4v) is 6.07. The molecule has 1 aliphatic rings. The highest BCUT2D eigenvalue weighted by atomic mass is 16.4. The number of hydrogen-bond donors (Lipinski definition) is 1. The van der Waals surface area contributed by atoms with Gasteiger partial charge in [-0.3, -0.25) is 0 Å². The van der Waals surface area contributed by atoms with Gasteiger partial charge in [0.15, 0.2) is 0 Å². The molecule has 2 heterocycles. The number of nitrogens with zero attached hydrogens (tertiary/aromatic N) is 1. The lowest BCUT2D eigenvalue weighted by Crippen LogP contribution is -2.45. The zero-order valence-electron chi connectivity index (χ0n) is 24.9. The molecule has 5 heteroatoms. The van der Waals surface area contributed by atoms with Crippen molar-refractivity contribution in [2.45, 2.75) is 136 Å². The number of allylic oxidation sites excluding steroid dienone is 1. The average molecular weight is 538 g/mol. The van der Waals surface area contributed by atoms with Crippen molar-refractivity contribution in [3.8, 4) is 0 Å². The standard InChI is InChI=1S/C34H51NO4/c1-5-6-7-8-9-10-11-12-13-14-15-16-17-18-19-20-21-35-30-24-31-27(23-29(32(36)37)33(38)39-31)22-28(30)26(2)25-34(35,3)4/h22-25H,5-21H2,1-4H3,(H,36,37). The number of hydrogen-bond acceptors (Lipinski definition) is 4. The van der Waals surface area contributed by atoms with Gasteiger partial charge in [0, 0.05) is 29.2 Å². The maximum atomic E-state index is 12.2. The maximum Gasteiger partial charge on any atom is 0.351 e. The van der Waals surface area contributed by atoms with E-state index in [1.807, 2.05) is 12.1 Å². The van der Waals surface area contributed by atoms with Gasteiger partial charge in [0.05, 0.1) is 5.54 Å². The van der Waals surface area contributed by atoms with E-state index in [1.54, 1.807) is 0 Å². The molecule has 3 rings (SSSR count). The summed E-state index contributed by atoms with van der Waals surface area (Å²) in [5.74, 6) is -1.26. The van der Waals surface area contributed by atoms with Gasteiger partial charge in [-0.15, -0.1) is 0 Å². The quantitative estimate of drug-likeness (QED) is 0.151. The normalized spacial score (nSPS) is 14.5. The second-order valence-electron chi connectivity index (χ2n) is 12.1. The molecule has 0 radical (unpaired) electrons. The summed E-state index contributed by atoms with van der Waals surface area (Å²) in [7, 11) is 0. The first-order valence-electron chi connectivity index (χ1n) is 15.6. The molecule has 0 saturated carbocycles. The lowest BCUT2D eigenvalue weighted by atomic mass is 9.87. The number of benzene rings is 1. The van der Waals surface area contributed by atoms with E-state index in [4.69, 9.17) is 4.42 Å². The first-order valence-corrected chi connectivity index (χ1v) is 15.6. The van der Waals surface area contributed by atoms with Crippen LogP contribution < -0.4 is 10.5 Å². The highest BCUT2D eigenvalue weighted by molar-refractivity contribution is 5.95. The fraction of sp³-hybridized carbons (Fsp3) is 0.647. The molecule has 0 saturated heterocycles. The Kier molecular flexibility index (Phi) is 12.1. The Morgan fingerprint density at radius 3 is 1.85 bits per heavy atom. The van der Waals surface area contributed by atoms with Crippen LogP contribution >= 0.6 is 0 Å². The predicted octanol–water partition coefficient (Wildman–Crippen LogP) is 9.75. The van der Waals surface area contributed by atoms with Crippen molar-refractivity contribution < 1.29 is 14.3 Å². The third kappa shape index (κ3) is 8.98. The van der Waals surface area contributed by atoms with Crippen LogP contribution in [0.4, 0.5) is 5.69 Å². The van der Waals surface area contributed by atoms with Gasteiger partial charge < -0.3 is 14.4 Å². The third-order valence-electron chi connectivity index (χ3n) is 8.30. The van der Waals surface area contributed by atoms with Crippen molar-refractivity contribution in [1.29, 1.82) is 0 Å². The van der Waals surface area contributed by atoms with E-state index in [1.165, 1.54) is 102 Å². The van der Waals surface area contributed by atoms with Crippen molar-refractivity contribution in [2.24, 2.45) is 0 Å². The Labute approximate surface area is 235 Å². The first-order chi connectivity index (χ1) is 18.7. The molecule has 1 aromatic carbocycles. The fourth-order valence-electron chi connectivity index (χ4n) is 6.07. The van der Waals surface area contributed by atoms with Gasteiger partial charge in [-0.05, 0) is 44.9 Å². The van der Waals surface area contributed by atoms with E-state index in [-0.39, 0.29) is 11.1 Å². The Morgan fingerprint density at radius 1 is 0.821 bits per heavy atom. The Balaban J connectivity index is 1.41. The van der Waals surface area contributed by atoms with Gasteiger partial charge in [-0.2, -0.15) is 0 Å². The van der Waals surface area contributed by atoms with Crippen molar-refractivity contribution in [3.05, 3.63) is 45.8 Å².